The van der Waals surface area contributed by atoms with E-state index in [4.69, 9.17) is 11.6 Å². The molecule has 1 aromatic carbocycles. The zero-order valence-electron chi connectivity index (χ0n) is 11.0. The SMILES string of the molecule is CCC(N)=CN(N)Cc1ccc(-n2ccnc2)cc1. The molecule has 1 aromatic heterocycles. The molecule has 19 heavy (non-hydrogen) atoms. The fourth-order valence-electron chi connectivity index (χ4n) is 1.75. The average Bonchev–Trinajstić information content (AvgIpc) is 2.93. The largest absolute Gasteiger partial charge is 0.401 e. The van der Waals surface area contributed by atoms with Crippen molar-refractivity contribution in [1.29, 1.82) is 0 Å². The first kappa shape index (κ1) is 13.2. The lowest BCUT2D eigenvalue weighted by Crippen LogP contribution is -2.25. The average molecular weight is 257 g/mol. The molecule has 0 saturated carbocycles. The molecular formula is C14H19N5. The van der Waals surface area contributed by atoms with Gasteiger partial charge in [0.15, 0.2) is 0 Å². The van der Waals surface area contributed by atoms with Gasteiger partial charge in [0.2, 0.25) is 0 Å². The third kappa shape index (κ3) is 3.59. The second-order valence-electron chi connectivity index (χ2n) is 4.37. The van der Waals surface area contributed by atoms with Crippen molar-refractivity contribution >= 4 is 0 Å². The Bertz CT molecular complexity index is 527. The number of hydrazine groups is 1. The van der Waals surface area contributed by atoms with E-state index in [1.165, 1.54) is 0 Å². The Balaban J connectivity index is 2.03. The minimum atomic E-state index is 0.630. The Morgan fingerprint density at radius 3 is 2.68 bits per heavy atom. The molecule has 0 fully saturated rings. The van der Waals surface area contributed by atoms with Gasteiger partial charge in [0.1, 0.15) is 0 Å². The minimum absolute atomic E-state index is 0.630. The molecule has 0 radical (unpaired) electrons. The smallest absolute Gasteiger partial charge is 0.0991 e. The highest BCUT2D eigenvalue weighted by Gasteiger charge is 1.99. The molecule has 0 saturated heterocycles. The van der Waals surface area contributed by atoms with Crippen LogP contribution in [0, 0.1) is 0 Å². The van der Waals surface area contributed by atoms with Crippen LogP contribution in [-0.2, 0) is 6.54 Å². The molecule has 0 aliphatic rings. The third-order valence-corrected chi connectivity index (χ3v) is 2.84. The summed E-state index contributed by atoms with van der Waals surface area (Å²) in [5.74, 6) is 5.88. The van der Waals surface area contributed by atoms with Crippen LogP contribution in [0.2, 0.25) is 0 Å². The van der Waals surface area contributed by atoms with E-state index >= 15 is 0 Å². The first-order valence-corrected chi connectivity index (χ1v) is 6.24. The lowest BCUT2D eigenvalue weighted by Gasteiger charge is -2.15. The predicted octanol–water partition coefficient (Wildman–Crippen LogP) is 1.76. The van der Waals surface area contributed by atoms with Crippen LogP contribution in [0.1, 0.15) is 18.9 Å². The predicted molar refractivity (Wildman–Crippen MR) is 75.9 cm³/mol. The van der Waals surface area contributed by atoms with Crippen LogP contribution in [0.5, 0.6) is 0 Å². The lowest BCUT2D eigenvalue weighted by atomic mass is 10.2. The second kappa shape index (κ2) is 6.06. The second-order valence-corrected chi connectivity index (χ2v) is 4.37. The molecule has 100 valence electrons. The highest BCUT2D eigenvalue weighted by Crippen LogP contribution is 2.10. The standard InChI is InChI=1S/C14H19N5/c1-2-13(15)10-19(16)9-12-3-5-14(6-4-12)18-8-7-17-11-18/h3-8,10-11H,2,9,15-16H2,1H3. The van der Waals surface area contributed by atoms with E-state index < -0.39 is 0 Å². The normalized spacial score (nSPS) is 11.6. The van der Waals surface area contributed by atoms with Crippen LogP contribution in [0.4, 0.5) is 0 Å². The summed E-state index contributed by atoms with van der Waals surface area (Å²) in [6.45, 7) is 2.63. The van der Waals surface area contributed by atoms with Gasteiger partial charge in [-0.1, -0.05) is 19.1 Å². The maximum absolute atomic E-state index is 5.88. The fraction of sp³-hybridized carbons (Fsp3) is 0.214. The van der Waals surface area contributed by atoms with Crippen molar-refractivity contribution in [2.75, 3.05) is 0 Å². The molecular weight excluding hydrogens is 238 g/mol. The number of hydrogen-bond acceptors (Lipinski definition) is 4. The summed E-state index contributed by atoms with van der Waals surface area (Å²) in [6.07, 6.45) is 8.01. The molecule has 0 aliphatic heterocycles. The van der Waals surface area contributed by atoms with Gasteiger partial charge in [0.25, 0.3) is 0 Å². The van der Waals surface area contributed by atoms with Crippen LogP contribution in [0.3, 0.4) is 0 Å². The van der Waals surface area contributed by atoms with Gasteiger partial charge in [-0.05, 0) is 24.1 Å². The molecule has 5 heteroatoms. The zero-order chi connectivity index (χ0) is 13.7. The summed E-state index contributed by atoms with van der Waals surface area (Å²) >= 11 is 0. The van der Waals surface area contributed by atoms with Gasteiger partial charge in [0.05, 0.1) is 12.9 Å². The molecule has 5 nitrogen and oxygen atoms in total. The van der Waals surface area contributed by atoms with E-state index in [1.54, 1.807) is 23.7 Å². The summed E-state index contributed by atoms with van der Waals surface area (Å²) in [7, 11) is 0. The molecule has 0 bridgehead atoms. The summed E-state index contributed by atoms with van der Waals surface area (Å²) in [6, 6.07) is 8.17. The van der Waals surface area contributed by atoms with Crippen molar-refractivity contribution in [3.63, 3.8) is 0 Å². The van der Waals surface area contributed by atoms with Gasteiger partial charge in [-0.15, -0.1) is 0 Å². The summed E-state index contributed by atoms with van der Waals surface area (Å²) in [5.41, 5.74) is 8.73. The van der Waals surface area contributed by atoms with Crippen molar-refractivity contribution in [2.45, 2.75) is 19.9 Å². The summed E-state index contributed by atoms with van der Waals surface area (Å²) < 4.78 is 1.96. The Labute approximate surface area is 113 Å². The highest BCUT2D eigenvalue weighted by atomic mass is 15.4. The number of imidazole rings is 1. The first-order chi connectivity index (χ1) is 9.19. The molecule has 0 spiro atoms. The van der Waals surface area contributed by atoms with Crippen molar-refractivity contribution in [3.8, 4) is 5.69 Å². The van der Waals surface area contributed by atoms with Gasteiger partial charge in [-0.2, -0.15) is 0 Å². The van der Waals surface area contributed by atoms with E-state index in [-0.39, 0.29) is 0 Å². The fourth-order valence-corrected chi connectivity index (χ4v) is 1.75. The van der Waals surface area contributed by atoms with Crippen molar-refractivity contribution in [2.24, 2.45) is 11.6 Å². The van der Waals surface area contributed by atoms with E-state index in [0.29, 0.717) is 6.54 Å². The van der Waals surface area contributed by atoms with Crippen molar-refractivity contribution < 1.29 is 0 Å². The zero-order valence-corrected chi connectivity index (χ0v) is 11.0. The highest BCUT2D eigenvalue weighted by molar-refractivity contribution is 5.34. The van der Waals surface area contributed by atoms with Crippen molar-refractivity contribution in [3.05, 3.63) is 60.4 Å². The Morgan fingerprint density at radius 1 is 1.37 bits per heavy atom. The van der Waals surface area contributed by atoms with Crippen LogP contribution in [0.25, 0.3) is 5.69 Å². The van der Waals surface area contributed by atoms with Gasteiger partial charge in [-0.25, -0.2) is 10.8 Å². The Morgan fingerprint density at radius 2 is 2.11 bits per heavy atom. The van der Waals surface area contributed by atoms with Crippen LogP contribution in [-0.4, -0.2) is 14.6 Å². The molecule has 4 N–H and O–H groups in total. The minimum Gasteiger partial charge on any atom is -0.401 e. The molecule has 0 amide bonds. The van der Waals surface area contributed by atoms with Crippen LogP contribution < -0.4 is 11.6 Å². The molecule has 0 aliphatic carbocycles. The Kier molecular flexibility index (Phi) is 4.20. The molecule has 1 heterocycles. The molecule has 2 rings (SSSR count). The summed E-state index contributed by atoms with van der Waals surface area (Å²) in [5, 5.41) is 1.60. The summed E-state index contributed by atoms with van der Waals surface area (Å²) in [4.78, 5) is 4.02. The lowest BCUT2D eigenvalue weighted by molar-refractivity contribution is 0.382. The van der Waals surface area contributed by atoms with Gasteiger partial charge in [-0.3, -0.25) is 0 Å². The first-order valence-electron chi connectivity index (χ1n) is 6.24. The molecule has 0 unspecified atom stereocenters. The number of hydrogen-bond donors (Lipinski definition) is 2. The number of rotatable bonds is 5. The van der Waals surface area contributed by atoms with Gasteiger partial charge in [0, 0.05) is 30.0 Å². The van der Waals surface area contributed by atoms with Crippen LogP contribution >= 0.6 is 0 Å². The van der Waals surface area contributed by atoms with Gasteiger partial charge < -0.3 is 15.3 Å². The molecule has 2 aromatic rings. The van der Waals surface area contributed by atoms with E-state index in [9.17, 15) is 0 Å². The topological polar surface area (TPSA) is 73.1 Å². The van der Waals surface area contributed by atoms with E-state index in [0.717, 1.165) is 23.4 Å². The van der Waals surface area contributed by atoms with E-state index in [1.807, 2.05) is 42.0 Å². The van der Waals surface area contributed by atoms with Gasteiger partial charge >= 0.3 is 0 Å². The monoisotopic (exact) mass is 257 g/mol. The maximum atomic E-state index is 5.88. The quantitative estimate of drug-likeness (QED) is 0.632. The number of nitrogens with two attached hydrogens (primary N) is 2. The van der Waals surface area contributed by atoms with Crippen molar-refractivity contribution in [1.82, 2.24) is 14.6 Å². The third-order valence-electron chi connectivity index (χ3n) is 2.84. The number of aromatic nitrogens is 2. The number of nitrogens with zero attached hydrogens (tertiary/aromatic N) is 3. The molecule has 0 atom stereocenters. The van der Waals surface area contributed by atoms with Crippen LogP contribution in [0.15, 0.2) is 54.9 Å². The number of benzene rings is 1. The van der Waals surface area contributed by atoms with E-state index in [2.05, 4.69) is 4.98 Å². The Hall–Kier alpha value is -2.27. The maximum Gasteiger partial charge on any atom is 0.0991 e. The number of allylic oxidation sites excluding steroid dienone is 1.